The molecule has 0 saturated heterocycles. The van der Waals surface area contributed by atoms with Crippen molar-refractivity contribution in [2.24, 2.45) is 0 Å². The van der Waals surface area contributed by atoms with E-state index in [1.807, 2.05) is 42.5 Å². The molecule has 1 unspecified atom stereocenters. The number of halogens is 2. The SMILES string of the molecule is S=C1CC(c2ccc(Cl)cc2)Oc2ccc(Cl)cc21. The van der Waals surface area contributed by atoms with Crippen LogP contribution in [0, 0.1) is 0 Å². The molecule has 0 bridgehead atoms. The predicted molar refractivity (Wildman–Crippen MR) is 82.6 cm³/mol. The number of thiocarbonyl (C=S) groups is 1. The van der Waals surface area contributed by atoms with Crippen LogP contribution in [0.25, 0.3) is 0 Å². The van der Waals surface area contributed by atoms with Crippen molar-refractivity contribution in [2.45, 2.75) is 12.5 Å². The zero-order chi connectivity index (χ0) is 13.4. The second-order valence-electron chi connectivity index (χ2n) is 4.43. The van der Waals surface area contributed by atoms with Crippen LogP contribution in [0.1, 0.15) is 23.7 Å². The molecule has 96 valence electrons. The standard InChI is InChI=1S/C15H10Cl2OS/c16-10-3-1-9(2-4-10)14-8-15(19)12-7-11(17)5-6-13(12)18-14/h1-7,14H,8H2. The van der Waals surface area contributed by atoms with Crippen molar-refractivity contribution in [3.05, 3.63) is 63.6 Å². The molecule has 0 aromatic heterocycles. The summed E-state index contributed by atoms with van der Waals surface area (Å²) < 4.78 is 5.99. The summed E-state index contributed by atoms with van der Waals surface area (Å²) in [7, 11) is 0. The number of rotatable bonds is 1. The highest BCUT2D eigenvalue weighted by atomic mass is 35.5. The van der Waals surface area contributed by atoms with Gasteiger partial charge in [-0.3, -0.25) is 0 Å². The molecule has 4 heteroatoms. The fraction of sp³-hybridized carbons (Fsp3) is 0.133. The van der Waals surface area contributed by atoms with Gasteiger partial charge in [-0.25, -0.2) is 0 Å². The van der Waals surface area contributed by atoms with Crippen LogP contribution in [0.15, 0.2) is 42.5 Å². The highest BCUT2D eigenvalue weighted by molar-refractivity contribution is 7.80. The highest BCUT2D eigenvalue weighted by Gasteiger charge is 2.25. The third kappa shape index (κ3) is 2.62. The summed E-state index contributed by atoms with van der Waals surface area (Å²) in [6, 6.07) is 13.2. The monoisotopic (exact) mass is 308 g/mol. The predicted octanol–water partition coefficient (Wildman–Crippen LogP) is 5.24. The quantitative estimate of drug-likeness (QED) is 0.667. The van der Waals surface area contributed by atoms with E-state index in [0.29, 0.717) is 16.5 Å². The first kappa shape index (κ1) is 12.9. The van der Waals surface area contributed by atoms with Gasteiger partial charge >= 0.3 is 0 Å². The summed E-state index contributed by atoms with van der Waals surface area (Å²) in [5.41, 5.74) is 2.00. The van der Waals surface area contributed by atoms with E-state index in [1.165, 1.54) is 0 Å². The van der Waals surface area contributed by atoms with Gasteiger partial charge in [0.05, 0.1) is 0 Å². The van der Waals surface area contributed by atoms with Gasteiger partial charge < -0.3 is 4.74 Å². The number of fused-ring (bicyclic) bond motifs is 1. The Morgan fingerprint density at radius 2 is 1.68 bits per heavy atom. The minimum absolute atomic E-state index is 0.0570. The highest BCUT2D eigenvalue weighted by Crippen LogP contribution is 2.36. The molecule has 0 aliphatic carbocycles. The number of ether oxygens (including phenoxy) is 1. The molecule has 3 rings (SSSR count). The minimum Gasteiger partial charge on any atom is -0.485 e. The summed E-state index contributed by atoms with van der Waals surface area (Å²) in [6.45, 7) is 0. The van der Waals surface area contributed by atoms with Gasteiger partial charge in [-0.1, -0.05) is 47.6 Å². The van der Waals surface area contributed by atoms with Crippen LogP contribution in [0.4, 0.5) is 0 Å². The smallest absolute Gasteiger partial charge is 0.129 e. The number of hydrogen-bond acceptors (Lipinski definition) is 2. The first-order chi connectivity index (χ1) is 9.13. The second-order valence-corrected chi connectivity index (χ2v) is 5.79. The summed E-state index contributed by atoms with van der Waals surface area (Å²) in [6.07, 6.45) is 0.628. The maximum Gasteiger partial charge on any atom is 0.129 e. The van der Waals surface area contributed by atoms with Gasteiger partial charge in [0.2, 0.25) is 0 Å². The fourth-order valence-corrected chi connectivity index (χ4v) is 2.77. The van der Waals surface area contributed by atoms with Crippen LogP contribution >= 0.6 is 35.4 Å². The molecule has 0 fully saturated rings. The first-order valence-corrected chi connectivity index (χ1v) is 7.05. The van der Waals surface area contributed by atoms with E-state index in [2.05, 4.69) is 0 Å². The molecule has 2 aromatic carbocycles. The van der Waals surface area contributed by atoms with Crippen molar-refractivity contribution in [3.63, 3.8) is 0 Å². The van der Waals surface area contributed by atoms with E-state index < -0.39 is 0 Å². The van der Waals surface area contributed by atoms with Gasteiger partial charge in [-0.15, -0.1) is 0 Å². The lowest BCUT2D eigenvalue weighted by atomic mass is 9.97. The summed E-state index contributed by atoms with van der Waals surface area (Å²) in [5, 5.41) is 1.39. The van der Waals surface area contributed by atoms with Crippen molar-refractivity contribution in [1.82, 2.24) is 0 Å². The average Bonchev–Trinajstić information content (AvgIpc) is 2.40. The van der Waals surface area contributed by atoms with Crippen LogP contribution in [-0.2, 0) is 0 Å². The molecule has 0 spiro atoms. The maximum absolute atomic E-state index is 5.99. The normalized spacial score (nSPS) is 17.8. The van der Waals surface area contributed by atoms with Crippen LogP contribution in [-0.4, -0.2) is 4.86 Å². The molecule has 0 saturated carbocycles. The maximum atomic E-state index is 5.99. The van der Waals surface area contributed by atoms with E-state index in [1.54, 1.807) is 0 Å². The lowest BCUT2D eigenvalue weighted by Crippen LogP contribution is -2.19. The molecule has 0 amide bonds. The molecule has 0 radical (unpaired) electrons. The van der Waals surface area contributed by atoms with Crippen molar-refractivity contribution < 1.29 is 4.74 Å². The molecule has 1 atom stereocenters. The summed E-state index contributed by atoms with van der Waals surface area (Å²) in [4.78, 5) is 0.878. The summed E-state index contributed by atoms with van der Waals surface area (Å²) in [5.74, 6) is 0.792. The number of hydrogen-bond donors (Lipinski definition) is 0. The van der Waals surface area contributed by atoms with Crippen LogP contribution in [0.5, 0.6) is 5.75 Å². The first-order valence-electron chi connectivity index (χ1n) is 5.88. The third-order valence-corrected chi connectivity index (χ3v) is 4.00. The molecule has 2 aromatic rings. The summed E-state index contributed by atoms with van der Waals surface area (Å²) >= 11 is 17.3. The van der Waals surface area contributed by atoms with Gasteiger partial charge in [0.1, 0.15) is 11.9 Å². The minimum atomic E-state index is -0.0570. The molecule has 19 heavy (non-hydrogen) atoms. The van der Waals surface area contributed by atoms with Crippen LogP contribution in [0.2, 0.25) is 10.0 Å². The molecular formula is C15H10Cl2OS. The van der Waals surface area contributed by atoms with Crippen molar-refractivity contribution in [1.29, 1.82) is 0 Å². The van der Waals surface area contributed by atoms with Gasteiger partial charge in [0, 0.05) is 26.9 Å². The zero-order valence-electron chi connectivity index (χ0n) is 9.90. The van der Waals surface area contributed by atoms with Gasteiger partial charge in [0.15, 0.2) is 0 Å². The van der Waals surface area contributed by atoms with Gasteiger partial charge in [-0.05, 0) is 35.9 Å². The van der Waals surface area contributed by atoms with E-state index >= 15 is 0 Å². The molecule has 1 nitrogen and oxygen atoms in total. The van der Waals surface area contributed by atoms with E-state index in [9.17, 15) is 0 Å². The topological polar surface area (TPSA) is 9.23 Å². The Morgan fingerprint density at radius 1 is 1.00 bits per heavy atom. The van der Waals surface area contributed by atoms with Crippen LogP contribution in [0.3, 0.4) is 0 Å². The van der Waals surface area contributed by atoms with Gasteiger partial charge in [-0.2, -0.15) is 0 Å². The molecule has 1 aliphatic rings. The van der Waals surface area contributed by atoms with Crippen LogP contribution < -0.4 is 4.74 Å². The Bertz CT molecular complexity index is 637. The molecule has 0 N–H and O–H groups in total. The average molecular weight is 309 g/mol. The van der Waals surface area contributed by atoms with Gasteiger partial charge in [0.25, 0.3) is 0 Å². The van der Waals surface area contributed by atoms with Crippen molar-refractivity contribution in [2.75, 3.05) is 0 Å². The molecule has 1 heterocycles. The lowest BCUT2D eigenvalue weighted by Gasteiger charge is -2.27. The molecule has 1 aliphatic heterocycles. The Labute approximate surface area is 127 Å². The van der Waals surface area contributed by atoms with E-state index in [4.69, 9.17) is 40.2 Å². The number of benzene rings is 2. The Hall–Kier alpha value is -1.09. The van der Waals surface area contributed by atoms with E-state index in [0.717, 1.165) is 21.7 Å². The largest absolute Gasteiger partial charge is 0.485 e. The second kappa shape index (κ2) is 5.12. The Morgan fingerprint density at radius 3 is 2.42 bits per heavy atom. The zero-order valence-corrected chi connectivity index (χ0v) is 12.2. The third-order valence-electron chi connectivity index (χ3n) is 3.12. The fourth-order valence-electron chi connectivity index (χ4n) is 2.16. The molecular weight excluding hydrogens is 299 g/mol. The lowest BCUT2D eigenvalue weighted by molar-refractivity contribution is 0.207. The van der Waals surface area contributed by atoms with Crippen molar-refractivity contribution >= 4 is 40.3 Å². The van der Waals surface area contributed by atoms with Crippen molar-refractivity contribution in [3.8, 4) is 5.75 Å². The van der Waals surface area contributed by atoms with E-state index in [-0.39, 0.29) is 6.10 Å². The Balaban J connectivity index is 1.95. The Kier molecular flexibility index (Phi) is 3.48.